The zero-order chi connectivity index (χ0) is 12.3. The molecular weight excluding hydrogens is 217 g/mol. The van der Waals surface area contributed by atoms with E-state index in [1.165, 1.54) is 14.0 Å². The van der Waals surface area contributed by atoms with E-state index in [4.69, 9.17) is 0 Å². The Morgan fingerprint density at radius 1 is 1.56 bits per heavy atom. The summed E-state index contributed by atoms with van der Waals surface area (Å²) >= 11 is 0. The van der Waals surface area contributed by atoms with Crippen LogP contribution in [-0.2, 0) is 16.0 Å². The molecule has 16 heavy (non-hydrogen) atoms. The molecule has 0 atom stereocenters. The van der Waals surface area contributed by atoms with Crippen molar-refractivity contribution in [1.82, 2.24) is 0 Å². The molecule has 0 spiro atoms. The van der Waals surface area contributed by atoms with Crippen LogP contribution in [-0.4, -0.2) is 18.0 Å². The number of esters is 1. The molecule has 0 saturated carbocycles. The van der Waals surface area contributed by atoms with Gasteiger partial charge < -0.3 is 4.74 Å². The highest BCUT2D eigenvalue weighted by Gasteiger charge is 2.19. The number of hydrogen-bond acceptors (Lipinski definition) is 4. The van der Waals surface area contributed by atoms with Crippen molar-refractivity contribution in [3.8, 4) is 0 Å². The number of carbonyl (C=O) groups is 1. The molecule has 0 heterocycles. The molecule has 0 radical (unpaired) electrons. The number of hydrogen-bond donors (Lipinski definition) is 0. The summed E-state index contributed by atoms with van der Waals surface area (Å²) in [6.45, 7) is 1.42. The van der Waals surface area contributed by atoms with Crippen LogP contribution in [0.5, 0.6) is 0 Å². The predicted molar refractivity (Wildman–Crippen MR) is 53.5 cm³/mol. The van der Waals surface area contributed by atoms with Crippen LogP contribution in [0.25, 0.3) is 0 Å². The van der Waals surface area contributed by atoms with Gasteiger partial charge in [0, 0.05) is 11.6 Å². The van der Waals surface area contributed by atoms with E-state index >= 15 is 0 Å². The maximum atomic E-state index is 13.2. The van der Waals surface area contributed by atoms with E-state index in [1.807, 2.05) is 0 Å². The lowest BCUT2D eigenvalue weighted by atomic mass is 10.1. The molecule has 86 valence electrons. The topological polar surface area (TPSA) is 69.4 Å². The van der Waals surface area contributed by atoms with Gasteiger partial charge in [0.2, 0.25) is 0 Å². The molecule has 0 amide bonds. The Labute approximate surface area is 91.0 Å². The molecule has 0 fully saturated rings. The molecule has 0 aromatic heterocycles. The van der Waals surface area contributed by atoms with Crippen molar-refractivity contribution in [1.29, 1.82) is 0 Å². The van der Waals surface area contributed by atoms with Gasteiger partial charge in [0.1, 0.15) is 5.82 Å². The molecule has 0 bridgehead atoms. The number of ether oxygens (including phenoxy) is 1. The van der Waals surface area contributed by atoms with Crippen LogP contribution in [0.2, 0.25) is 0 Å². The van der Waals surface area contributed by atoms with Crippen molar-refractivity contribution < 1.29 is 18.8 Å². The molecule has 0 saturated heterocycles. The molecule has 6 heteroatoms. The summed E-state index contributed by atoms with van der Waals surface area (Å²) in [6, 6.07) is 2.10. The van der Waals surface area contributed by atoms with Gasteiger partial charge in [-0.05, 0) is 18.6 Å². The van der Waals surface area contributed by atoms with Crippen molar-refractivity contribution in [2.24, 2.45) is 0 Å². The number of halogens is 1. The zero-order valence-electron chi connectivity index (χ0n) is 8.82. The second kappa shape index (κ2) is 4.69. The SMILES string of the molecule is COC(=O)Cc1cc(F)c(C)cc1[N+](=O)[O-]. The van der Waals surface area contributed by atoms with E-state index in [-0.39, 0.29) is 23.2 Å². The highest BCUT2D eigenvalue weighted by atomic mass is 19.1. The van der Waals surface area contributed by atoms with Gasteiger partial charge in [-0.3, -0.25) is 14.9 Å². The minimum Gasteiger partial charge on any atom is -0.469 e. The Hall–Kier alpha value is -1.98. The average Bonchev–Trinajstić information content (AvgIpc) is 2.22. The third-order valence-corrected chi connectivity index (χ3v) is 2.12. The molecule has 0 N–H and O–H groups in total. The maximum Gasteiger partial charge on any atom is 0.310 e. The highest BCUT2D eigenvalue weighted by molar-refractivity contribution is 5.74. The lowest BCUT2D eigenvalue weighted by Crippen LogP contribution is -2.07. The molecule has 0 aliphatic carbocycles. The maximum absolute atomic E-state index is 13.2. The lowest BCUT2D eigenvalue weighted by Gasteiger charge is -2.04. The van der Waals surface area contributed by atoms with Crippen molar-refractivity contribution in [3.05, 3.63) is 39.2 Å². The second-order valence-electron chi connectivity index (χ2n) is 3.24. The van der Waals surface area contributed by atoms with Gasteiger partial charge >= 0.3 is 5.97 Å². The monoisotopic (exact) mass is 227 g/mol. The molecule has 1 rings (SSSR count). The number of benzene rings is 1. The summed E-state index contributed by atoms with van der Waals surface area (Å²) in [6.07, 6.45) is -0.315. The van der Waals surface area contributed by atoms with E-state index in [9.17, 15) is 19.3 Å². The van der Waals surface area contributed by atoms with Gasteiger partial charge in [0.25, 0.3) is 5.69 Å². The van der Waals surface area contributed by atoms with Gasteiger partial charge in [-0.2, -0.15) is 0 Å². The van der Waals surface area contributed by atoms with Gasteiger partial charge in [-0.15, -0.1) is 0 Å². The largest absolute Gasteiger partial charge is 0.469 e. The number of carbonyl (C=O) groups excluding carboxylic acids is 1. The number of nitrogens with zero attached hydrogens (tertiary/aromatic N) is 1. The van der Waals surface area contributed by atoms with Crippen molar-refractivity contribution >= 4 is 11.7 Å². The van der Waals surface area contributed by atoms with Crippen molar-refractivity contribution in [2.45, 2.75) is 13.3 Å². The van der Waals surface area contributed by atoms with Gasteiger partial charge in [-0.1, -0.05) is 0 Å². The number of nitro benzene ring substituents is 1. The molecule has 0 aliphatic rings. The first-order chi connectivity index (χ1) is 7.45. The van der Waals surface area contributed by atoms with E-state index in [0.717, 1.165) is 12.1 Å². The Balaban J connectivity index is 3.19. The smallest absolute Gasteiger partial charge is 0.310 e. The zero-order valence-corrected chi connectivity index (χ0v) is 8.82. The standard InChI is InChI=1S/C10H10FNO4/c1-6-3-9(12(14)15)7(4-8(6)11)5-10(13)16-2/h3-4H,5H2,1-2H3. The molecule has 1 aromatic carbocycles. The Morgan fingerprint density at radius 3 is 2.69 bits per heavy atom. The lowest BCUT2D eigenvalue weighted by molar-refractivity contribution is -0.385. The van der Waals surface area contributed by atoms with Crippen molar-refractivity contribution in [3.63, 3.8) is 0 Å². The normalized spacial score (nSPS) is 9.94. The molecule has 0 aliphatic heterocycles. The van der Waals surface area contributed by atoms with Crippen molar-refractivity contribution in [2.75, 3.05) is 7.11 Å². The molecule has 0 unspecified atom stereocenters. The summed E-state index contributed by atoms with van der Waals surface area (Å²) in [5, 5.41) is 10.7. The first-order valence-corrected chi connectivity index (χ1v) is 4.46. The van der Waals surface area contributed by atoms with Crippen LogP contribution in [0.1, 0.15) is 11.1 Å². The first-order valence-electron chi connectivity index (χ1n) is 4.46. The third kappa shape index (κ3) is 2.53. The summed E-state index contributed by atoms with van der Waals surface area (Å²) in [5.41, 5.74) is -0.0930. The fraction of sp³-hybridized carbons (Fsp3) is 0.300. The number of aryl methyl sites for hydroxylation is 1. The Bertz CT molecular complexity index is 445. The second-order valence-corrected chi connectivity index (χ2v) is 3.24. The molecule has 5 nitrogen and oxygen atoms in total. The number of rotatable bonds is 3. The van der Waals surface area contributed by atoms with E-state index in [2.05, 4.69) is 4.74 Å². The van der Waals surface area contributed by atoms with E-state index in [0.29, 0.717) is 0 Å². The minimum atomic E-state index is -0.648. The number of methoxy groups -OCH3 is 1. The fourth-order valence-electron chi connectivity index (χ4n) is 1.25. The number of nitro groups is 1. The Kier molecular flexibility index (Phi) is 3.55. The minimum absolute atomic E-state index is 0.0138. The average molecular weight is 227 g/mol. The summed E-state index contributed by atoms with van der Waals surface area (Å²) in [4.78, 5) is 21.0. The first kappa shape index (κ1) is 12.1. The summed E-state index contributed by atoms with van der Waals surface area (Å²) < 4.78 is 17.6. The van der Waals surface area contributed by atoms with Crippen LogP contribution >= 0.6 is 0 Å². The van der Waals surface area contributed by atoms with Gasteiger partial charge in [0.05, 0.1) is 18.5 Å². The van der Waals surface area contributed by atoms with Crippen LogP contribution < -0.4 is 0 Å². The quantitative estimate of drug-likeness (QED) is 0.448. The fourth-order valence-corrected chi connectivity index (χ4v) is 1.25. The molecular formula is C10H10FNO4. The van der Waals surface area contributed by atoms with Crippen LogP contribution in [0.15, 0.2) is 12.1 Å². The Morgan fingerprint density at radius 2 is 2.19 bits per heavy atom. The summed E-state index contributed by atoms with van der Waals surface area (Å²) in [5.74, 6) is -1.23. The van der Waals surface area contributed by atoms with Crippen LogP contribution in [0, 0.1) is 22.9 Å². The van der Waals surface area contributed by atoms with Crippen LogP contribution in [0.4, 0.5) is 10.1 Å². The van der Waals surface area contributed by atoms with Crippen LogP contribution in [0.3, 0.4) is 0 Å². The predicted octanol–water partition coefficient (Wildman–Crippen LogP) is 1.76. The highest BCUT2D eigenvalue weighted by Crippen LogP contribution is 2.23. The molecule has 1 aromatic rings. The third-order valence-electron chi connectivity index (χ3n) is 2.12. The van der Waals surface area contributed by atoms with Gasteiger partial charge in [0.15, 0.2) is 0 Å². The van der Waals surface area contributed by atoms with E-state index in [1.54, 1.807) is 0 Å². The van der Waals surface area contributed by atoms with Gasteiger partial charge in [-0.25, -0.2) is 4.39 Å². The van der Waals surface area contributed by atoms with E-state index < -0.39 is 16.7 Å². The summed E-state index contributed by atoms with van der Waals surface area (Å²) in [7, 11) is 1.17.